The van der Waals surface area contributed by atoms with Crippen molar-refractivity contribution in [2.45, 2.75) is 6.92 Å². The predicted molar refractivity (Wildman–Crippen MR) is 69.9 cm³/mol. The number of benzene rings is 1. The molecule has 0 fully saturated rings. The van der Waals surface area contributed by atoms with E-state index in [2.05, 4.69) is 20.4 Å². The molecule has 0 saturated carbocycles. The van der Waals surface area contributed by atoms with Crippen molar-refractivity contribution in [3.05, 3.63) is 34.2 Å². The van der Waals surface area contributed by atoms with Gasteiger partial charge in [0.05, 0.1) is 25.6 Å². The van der Waals surface area contributed by atoms with Gasteiger partial charge >= 0.3 is 0 Å². The van der Waals surface area contributed by atoms with E-state index in [9.17, 15) is 4.79 Å². The van der Waals surface area contributed by atoms with Gasteiger partial charge in [-0.1, -0.05) is 0 Å². The Balaban J connectivity index is 2.31. The molecule has 0 amide bonds. The van der Waals surface area contributed by atoms with Gasteiger partial charge in [-0.15, -0.1) is 5.11 Å². The fraction of sp³-hybridized carbons (Fsp3) is 0.250. The lowest BCUT2D eigenvalue weighted by atomic mass is 10.3. The zero-order valence-corrected chi connectivity index (χ0v) is 10.9. The second-order valence-corrected chi connectivity index (χ2v) is 3.79. The molecule has 0 unspecified atom stereocenters. The molecule has 0 atom stereocenters. The maximum Gasteiger partial charge on any atom is 0.291 e. The molecule has 2 N–H and O–H groups in total. The van der Waals surface area contributed by atoms with Gasteiger partial charge in [0.25, 0.3) is 5.56 Å². The van der Waals surface area contributed by atoms with Gasteiger partial charge in [-0.05, 0) is 19.1 Å². The number of rotatable bonds is 4. The number of nitrogens with one attached hydrogen (secondary N) is 2. The molecule has 7 nitrogen and oxygen atoms in total. The number of ether oxygens (including phenoxy) is 2. The van der Waals surface area contributed by atoms with Crippen molar-refractivity contribution in [3.63, 3.8) is 0 Å². The summed E-state index contributed by atoms with van der Waals surface area (Å²) in [7, 11) is 3.10. The molecule has 1 aromatic heterocycles. The molecule has 0 aliphatic carbocycles. The summed E-state index contributed by atoms with van der Waals surface area (Å²) >= 11 is 0. The number of azo groups is 1. The van der Waals surface area contributed by atoms with Crippen molar-refractivity contribution in [2.24, 2.45) is 10.2 Å². The molecular formula is C12H14N4O3. The van der Waals surface area contributed by atoms with Crippen molar-refractivity contribution in [2.75, 3.05) is 14.2 Å². The van der Waals surface area contributed by atoms with Gasteiger partial charge < -0.3 is 14.6 Å². The van der Waals surface area contributed by atoms with Crippen LogP contribution in [0.1, 0.15) is 5.69 Å². The van der Waals surface area contributed by atoms with Crippen molar-refractivity contribution in [1.29, 1.82) is 0 Å². The van der Waals surface area contributed by atoms with Gasteiger partial charge in [-0.3, -0.25) is 9.89 Å². The van der Waals surface area contributed by atoms with Gasteiger partial charge in [0.1, 0.15) is 0 Å². The minimum Gasteiger partial charge on any atom is -0.493 e. The van der Waals surface area contributed by atoms with E-state index < -0.39 is 0 Å². The van der Waals surface area contributed by atoms with Crippen LogP contribution < -0.4 is 15.0 Å². The minimum absolute atomic E-state index is 0.259. The average molecular weight is 262 g/mol. The van der Waals surface area contributed by atoms with Crippen molar-refractivity contribution >= 4 is 11.4 Å². The maximum atomic E-state index is 11.4. The summed E-state index contributed by atoms with van der Waals surface area (Å²) in [6, 6.07) is 5.13. The number of aromatic nitrogens is 2. The Bertz CT molecular complexity index is 657. The topological polar surface area (TPSA) is 91.8 Å². The Kier molecular flexibility index (Phi) is 3.65. The highest BCUT2D eigenvalue weighted by Crippen LogP contribution is 2.31. The first kappa shape index (κ1) is 12.9. The molecular weight excluding hydrogens is 248 g/mol. The summed E-state index contributed by atoms with van der Waals surface area (Å²) in [5.74, 6) is 1.16. The molecule has 0 bridgehead atoms. The van der Waals surface area contributed by atoms with Crippen LogP contribution in [-0.2, 0) is 0 Å². The quantitative estimate of drug-likeness (QED) is 0.829. The van der Waals surface area contributed by atoms with Crippen LogP contribution in [0.5, 0.6) is 11.5 Å². The molecule has 0 radical (unpaired) electrons. The highest BCUT2D eigenvalue weighted by molar-refractivity contribution is 5.51. The van der Waals surface area contributed by atoms with E-state index in [1.807, 2.05) is 0 Å². The fourth-order valence-corrected chi connectivity index (χ4v) is 1.55. The normalized spacial score (nSPS) is 10.9. The van der Waals surface area contributed by atoms with E-state index in [4.69, 9.17) is 9.47 Å². The van der Waals surface area contributed by atoms with Gasteiger partial charge in [-0.2, -0.15) is 5.11 Å². The van der Waals surface area contributed by atoms with E-state index in [1.165, 1.54) is 0 Å². The molecule has 7 heteroatoms. The number of H-pyrrole nitrogens is 2. The third-order valence-corrected chi connectivity index (χ3v) is 2.57. The lowest BCUT2D eigenvalue weighted by Gasteiger charge is -2.06. The predicted octanol–water partition coefficient (Wildman–Crippen LogP) is 2.44. The number of nitrogens with zero attached hydrogens (tertiary/aromatic N) is 2. The smallest absolute Gasteiger partial charge is 0.291 e. The molecule has 0 spiro atoms. The minimum atomic E-state index is -0.304. The Morgan fingerprint density at radius 1 is 1.05 bits per heavy atom. The Morgan fingerprint density at radius 3 is 2.37 bits per heavy atom. The monoisotopic (exact) mass is 262 g/mol. The average Bonchev–Trinajstić information content (AvgIpc) is 2.75. The third-order valence-electron chi connectivity index (χ3n) is 2.57. The summed E-state index contributed by atoms with van der Waals surface area (Å²) in [5, 5.41) is 13.0. The first-order valence-corrected chi connectivity index (χ1v) is 5.56. The molecule has 100 valence electrons. The summed E-state index contributed by atoms with van der Waals surface area (Å²) in [4.78, 5) is 11.4. The van der Waals surface area contributed by atoms with E-state index in [0.29, 0.717) is 22.9 Å². The van der Waals surface area contributed by atoms with Gasteiger partial charge in [0.2, 0.25) is 0 Å². The van der Waals surface area contributed by atoms with Crippen molar-refractivity contribution in [1.82, 2.24) is 10.2 Å². The van der Waals surface area contributed by atoms with Gasteiger partial charge in [0.15, 0.2) is 17.2 Å². The van der Waals surface area contributed by atoms with Crippen LogP contribution in [0.15, 0.2) is 33.2 Å². The van der Waals surface area contributed by atoms with Gasteiger partial charge in [-0.25, -0.2) is 0 Å². The molecule has 1 aromatic carbocycles. The second-order valence-electron chi connectivity index (χ2n) is 3.79. The SMILES string of the molecule is COc1ccc(N=Nc2c(C)[nH][nH]c2=O)cc1OC. The van der Waals surface area contributed by atoms with Crippen LogP contribution in [0.2, 0.25) is 0 Å². The molecule has 0 saturated heterocycles. The van der Waals surface area contributed by atoms with E-state index >= 15 is 0 Å². The molecule has 0 aliphatic rings. The van der Waals surface area contributed by atoms with Gasteiger partial charge in [0, 0.05) is 6.07 Å². The van der Waals surface area contributed by atoms with Crippen LogP contribution >= 0.6 is 0 Å². The van der Waals surface area contributed by atoms with Crippen LogP contribution in [0.3, 0.4) is 0 Å². The molecule has 19 heavy (non-hydrogen) atoms. The Morgan fingerprint density at radius 2 is 1.79 bits per heavy atom. The second kappa shape index (κ2) is 5.38. The van der Waals surface area contributed by atoms with Crippen molar-refractivity contribution < 1.29 is 9.47 Å². The largest absolute Gasteiger partial charge is 0.493 e. The van der Waals surface area contributed by atoms with Crippen LogP contribution in [0.25, 0.3) is 0 Å². The summed E-state index contributed by atoms with van der Waals surface area (Å²) < 4.78 is 10.3. The van der Waals surface area contributed by atoms with Crippen LogP contribution in [0.4, 0.5) is 11.4 Å². The number of hydrogen-bond donors (Lipinski definition) is 2. The van der Waals surface area contributed by atoms with E-state index in [0.717, 1.165) is 0 Å². The molecule has 0 aliphatic heterocycles. The van der Waals surface area contributed by atoms with Crippen LogP contribution in [-0.4, -0.2) is 24.4 Å². The highest BCUT2D eigenvalue weighted by atomic mass is 16.5. The first-order chi connectivity index (χ1) is 9.15. The number of aryl methyl sites for hydroxylation is 1. The molecule has 2 aromatic rings. The lowest BCUT2D eigenvalue weighted by molar-refractivity contribution is 0.355. The summed E-state index contributed by atoms with van der Waals surface area (Å²) in [6.45, 7) is 1.74. The van der Waals surface area contributed by atoms with Crippen molar-refractivity contribution in [3.8, 4) is 11.5 Å². The Hall–Kier alpha value is -2.57. The fourth-order valence-electron chi connectivity index (χ4n) is 1.55. The zero-order valence-electron chi connectivity index (χ0n) is 10.9. The number of hydrogen-bond acceptors (Lipinski definition) is 5. The van der Waals surface area contributed by atoms with E-state index in [-0.39, 0.29) is 11.2 Å². The molecule has 2 rings (SSSR count). The standard InChI is InChI=1S/C12H14N4O3/c1-7-11(12(17)16-13-7)15-14-8-4-5-9(18-2)10(6-8)19-3/h4-6H,1-3H3,(H2,13,16,17). The first-order valence-electron chi connectivity index (χ1n) is 5.56. The number of methoxy groups -OCH3 is 2. The highest BCUT2D eigenvalue weighted by Gasteiger charge is 2.06. The summed E-state index contributed by atoms with van der Waals surface area (Å²) in [5.41, 5.74) is 1.16. The third kappa shape index (κ3) is 2.65. The summed E-state index contributed by atoms with van der Waals surface area (Å²) in [6.07, 6.45) is 0. The lowest BCUT2D eigenvalue weighted by Crippen LogP contribution is -1.96. The Labute approximate surface area is 109 Å². The van der Waals surface area contributed by atoms with Crippen LogP contribution in [0, 0.1) is 6.92 Å². The zero-order chi connectivity index (χ0) is 13.8. The molecule has 1 heterocycles. The van der Waals surface area contributed by atoms with E-state index in [1.54, 1.807) is 39.3 Å². The maximum absolute atomic E-state index is 11.4. The number of aromatic amines is 2.